The Morgan fingerprint density at radius 3 is 2.76 bits per heavy atom. The van der Waals surface area contributed by atoms with Crippen LogP contribution in [-0.4, -0.2) is 28.7 Å². The molecule has 2 N–H and O–H groups in total. The van der Waals surface area contributed by atoms with Gasteiger partial charge in [-0.1, -0.05) is 35.9 Å². The van der Waals surface area contributed by atoms with Crippen molar-refractivity contribution in [1.29, 1.82) is 0 Å². The van der Waals surface area contributed by atoms with E-state index in [2.05, 4.69) is 20.8 Å². The molecule has 0 radical (unpaired) electrons. The third-order valence-electron chi connectivity index (χ3n) is 3.46. The second-order valence-corrected chi connectivity index (χ2v) is 5.62. The number of amides is 1. The van der Waals surface area contributed by atoms with Crippen LogP contribution in [0.5, 0.6) is 0 Å². The van der Waals surface area contributed by atoms with Crippen molar-refractivity contribution in [2.45, 2.75) is 31.7 Å². The number of fused-ring (bicyclic) bond motifs is 1. The summed E-state index contributed by atoms with van der Waals surface area (Å²) in [4.78, 5) is 11.6. The van der Waals surface area contributed by atoms with Crippen molar-refractivity contribution in [1.82, 2.24) is 15.5 Å². The number of carbonyl (C=O) groups excluding carboxylic acids is 1. The molecule has 21 heavy (non-hydrogen) atoms. The molecular formula is C15H17ClN4O. The molecule has 1 fully saturated rings. The van der Waals surface area contributed by atoms with Crippen molar-refractivity contribution in [3.8, 4) is 0 Å². The largest absolute Gasteiger partial charge is 0.368 e. The van der Waals surface area contributed by atoms with Gasteiger partial charge in [-0.3, -0.25) is 4.79 Å². The van der Waals surface area contributed by atoms with Crippen LogP contribution in [0, 0.1) is 0 Å². The van der Waals surface area contributed by atoms with Crippen molar-refractivity contribution in [3.63, 3.8) is 0 Å². The van der Waals surface area contributed by atoms with Crippen molar-refractivity contribution in [2.75, 3.05) is 11.9 Å². The van der Waals surface area contributed by atoms with Gasteiger partial charge in [-0.05, 0) is 19.3 Å². The zero-order chi connectivity index (χ0) is 14.7. The maximum atomic E-state index is 11.6. The Morgan fingerprint density at radius 2 is 2.00 bits per heavy atom. The zero-order valence-corrected chi connectivity index (χ0v) is 12.4. The molecule has 110 valence electrons. The molecule has 1 aliphatic rings. The van der Waals surface area contributed by atoms with Gasteiger partial charge in [0, 0.05) is 29.8 Å². The van der Waals surface area contributed by atoms with Crippen molar-refractivity contribution < 1.29 is 4.79 Å². The average molecular weight is 305 g/mol. The molecule has 1 aliphatic carbocycles. The maximum Gasteiger partial charge on any atom is 0.220 e. The van der Waals surface area contributed by atoms with Gasteiger partial charge in [0.1, 0.15) is 0 Å². The minimum Gasteiger partial charge on any atom is -0.368 e. The lowest BCUT2D eigenvalue weighted by molar-refractivity contribution is -0.121. The van der Waals surface area contributed by atoms with Crippen LogP contribution in [0.1, 0.15) is 25.7 Å². The lowest BCUT2D eigenvalue weighted by Crippen LogP contribution is -2.25. The van der Waals surface area contributed by atoms with E-state index in [9.17, 15) is 4.79 Å². The molecule has 6 heteroatoms. The first-order valence-corrected chi connectivity index (χ1v) is 7.56. The molecule has 1 aromatic carbocycles. The second-order valence-electron chi connectivity index (χ2n) is 5.26. The smallest absolute Gasteiger partial charge is 0.220 e. The Kier molecular flexibility index (Phi) is 4.20. The standard InChI is InChI=1S/C15H17ClN4O/c16-14-11-4-1-2-5-12(11)15(20-19-14)17-9-3-6-13(21)18-10-7-8-10/h1-2,4-5,10H,3,6-9H2,(H,17,20)(H,18,21). The first-order chi connectivity index (χ1) is 10.2. The molecule has 3 rings (SSSR count). The first kappa shape index (κ1) is 14.1. The molecule has 5 nitrogen and oxygen atoms in total. The van der Waals surface area contributed by atoms with E-state index >= 15 is 0 Å². The van der Waals surface area contributed by atoms with Gasteiger partial charge in [0.05, 0.1) is 0 Å². The highest BCUT2D eigenvalue weighted by Crippen LogP contribution is 2.25. The monoisotopic (exact) mass is 304 g/mol. The summed E-state index contributed by atoms with van der Waals surface area (Å²) < 4.78 is 0. The Hall–Kier alpha value is -1.88. The molecule has 1 saturated carbocycles. The van der Waals surface area contributed by atoms with E-state index in [1.807, 2.05) is 24.3 Å². The normalized spacial score (nSPS) is 14.1. The number of nitrogens with one attached hydrogen (secondary N) is 2. The number of rotatable bonds is 6. The maximum absolute atomic E-state index is 11.6. The summed E-state index contributed by atoms with van der Waals surface area (Å²) in [6.07, 6.45) is 3.53. The van der Waals surface area contributed by atoms with Gasteiger partial charge in [0.15, 0.2) is 11.0 Å². The summed E-state index contributed by atoms with van der Waals surface area (Å²) in [7, 11) is 0. The second kappa shape index (κ2) is 6.26. The summed E-state index contributed by atoms with van der Waals surface area (Å²) in [5.41, 5.74) is 0. The van der Waals surface area contributed by atoms with Crippen LogP contribution in [0.3, 0.4) is 0 Å². The zero-order valence-electron chi connectivity index (χ0n) is 11.6. The number of carbonyl (C=O) groups is 1. The highest BCUT2D eigenvalue weighted by Gasteiger charge is 2.22. The van der Waals surface area contributed by atoms with Crippen LogP contribution >= 0.6 is 11.6 Å². The summed E-state index contributed by atoms with van der Waals surface area (Å²) >= 11 is 6.03. The molecule has 1 amide bonds. The number of halogens is 1. The number of nitrogens with zero attached hydrogens (tertiary/aromatic N) is 2. The number of aromatic nitrogens is 2. The van der Waals surface area contributed by atoms with E-state index in [4.69, 9.17) is 11.6 Å². The van der Waals surface area contributed by atoms with E-state index in [0.29, 0.717) is 30.0 Å². The summed E-state index contributed by atoms with van der Waals surface area (Å²) in [5.74, 6) is 0.837. The van der Waals surface area contributed by atoms with E-state index < -0.39 is 0 Å². The van der Waals surface area contributed by atoms with E-state index in [-0.39, 0.29) is 5.91 Å². The highest BCUT2D eigenvalue weighted by molar-refractivity contribution is 6.34. The minimum atomic E-state index is 0.131. The van der Waals surface area contributed by atoms with Crippen molar-refractivity contribution in [2.24, 2.45) is 0 Å². The summed E-state index contributed by atoms with van der Waals surface area (Å²) in [6, 6.07) is 8.16. The van der Waals surface area contributed by atoms with Gasteiger partial charge in [-0.25, -0.2) is 0 Å². The van der Waals surface area contributed by atoms with Crippen LogP contribution in [0.4, 0.5) is 5.82 Å². The van der Waals surface area contributed by atoms with Gasteiger partial charge in [0.25, 0.3) is 0 Å². The summed E-state index contributed by atoms with van der Waals surface area (Å²) in [6.45, 7) is 0.679. The Morgan fingerprint density at radius 1 is 1.24 bits per heavy atom. The Balaban J connectivity index is 1.55. The quantitative estimate of drug-likeness (QED) is 0.805. The molecule has 1 aromatic heterocycles. The SMILES string of the molecule is O=C(CCCNc1nnc(Cl)c2ccccc12)NC1CC1. The number of benzene rings is 1. The third-order valence-corrected chi connectivity index (χ3v) is 3.74. The predicted octanol–water partition coefficient (Wildman–Crippen LogP) is 2.75. The third kappa shape index (κ3) is 3.61. The van der Waals surface area contributed by atoms with Gasteiger partial charge < -0.3 is 10.6 Å². The number of hydrogen-bond donors (Lipinski definition) is 2. The van der Waals surface area contributed by atoms with Crippen molar-refractivity contribution in [3.05, 3.63) is 29.4 Å². The molecular weight excluding hydrogens is 288 g/mol. The van der Waals surface area contributed by atoms with Gasteiger partial charge >= 0.3 is 0 Å². The lowest BCUT2D eigenvalue weighted by Gasteiger charge is -2.08. The lowest BCUT2D eigenvalue weighted by atomic mass is 10.2. The fourth-order valence-corrected chi connectivity index (χ4v) is 2.39. The fraction of sp³-hybridized carbons (Fsp3) is 0.400. The topological polar surface area (TPSA) is 66.9 Å². The van der Waals surface area contributed by atoms with Crippen LogP contribution in [0.15, 0.2) is 24.3 Å². The van der Waals surface area contributed by atoms with Gasteiger partial charge in [0.2, 0.25) is 5.91 Å². The summed E-state index contributed by atoms with van der Waals surface area (Å²) in [5, 5.41) is 16.5. The fourth-order valence-electron chi connectivity index (χ4n) is 2.18. The first-order valence-electron chi connectivity index (χ1n) is 7.18. The van der Waals surface area contributed by atoms with E-state index in [0.717, 1.165) is 30.0 Å². The minimum absolute atomic E-state index is 0.131. The van der Waals surface area contributed by atoms with Crippen LogP contribution in [0.25, 0.3) is 10.8 Å². The molecule has 0 atom stereocenters. The number of hydrogen-bond acceptors (Lipinski definition) is 4. The molecule has 0 saturated heterocycles. The average Bonchev–Trinajstić information content (AvgIpc) is 3.30. The van der Waals surface area contributed by atoms with Crippen LogP contribution in [0.2, 0.25) is 5.15 Å². The molecule has 0 aliphatic heterocycles. The van der Waals surface area contributed by atoms with Crippen LogP contribution < -0.4 is 10.6 Å². The molecule has 0 unspecified atom stereocenters. The predicted molar refractivity (Wildman–Crippen MR) is 83.4 cm³/mol. The molecule has 1 heterocycles. The van der Waals surface area contributed by atoms with Crippen LogP contribution in [-0.2, 0) is 4.79 Å². The highest BCUT2D eigenvalue weighted by atomic mass is 35.5. The molecule has 2 aromatic rings. The molecule has 0 spiro atoms. The Labute approximate surface area is 128 Å². The van der Waals surface area contributed by atoms with Crippen molar-refractivity contribution >= 4 is 34.1 Å². The Bertz CT molecular complexity index is 657. The number of anilines is 1. The molecule has 0 bridgehead atoms. The van der Waals surface area contributed by atoms with E-state index in [1.54, 1.807) is 0 Å². The van der Waals surface area contributed by atoms with Gasteiger partial charge in [-0.15, -0.1) is 10.2 Å². The van der Waals surface area contributed by atoms with E-state index in [1.165, 1.54) is 0 Å². The van der Waals surface area contributed by atoms with Gasteiger partial charge in [-0.2, -0.15) is 0 Å².